The van der Waals surface area contributed by atoms with Crippen molar-refractivity contribution in [1.82, 2.24) is 25.2 Å². The third kappa shape index (κ3) is 3.41. The van der Waals surface area contributed by atoms with Gasteiger partial charge in [0.15, 0.2) is 0 Å². The molecule has 0 fully saturated rings. The molecule has 0 aliphatic carbocycles. The summed E-state index contributed by atoms with van der Waals surface area (Å²) in [5.74, 6) is 0. The zero-order chi connectivity index (χ0) is 17.1. The van der Waals surface area contributed by atoms with Crippen LogP contribution in [0.1, 0.15) is 10.4 Å². The lowest BCUT2D eigenvalue weighted by molar-refractivity contribution is 0.785. The molecule has 2 aromatic heterocycles. The number of thiazole rings is 1. The first kappa shape index (κ1) is 15.5. The summed E-state index contributed by atoms with van der Waals surface area (Å²) in [5, 5.41) is 15.8. The van der Waals surface area contributed by atoms with E-state index in [-0.39, 0.29) is 0 Å². The molecule has 6 nitrogen and oxygen atoms in total. The molecule has 7 heteroatoms. The van der Waals surface area contributed by atoms with Crippen molar-refractivity contribution in [3.63, 3.8) is 0 Å². The van der Waals surface area contributed by atoms with E-state index in [2.05, 4.69) is 44.0 Å². The van der Waals surface area contributed by atoms with Gasteiger partial charge in [-0.1, -0.05) is 30.3 Å². The van der Waals surface area contributed by atoms with Crippen molar-refractivity contribution >= 4 is 17.0 Å². The predicted molar refractivity (Wildman–Crippen MR) is 98.8 cm³/mol. The first-order valence-electron chi connectivity index (χ1n) is 7.87. The lowest BCUT2D eigenvalue weighted by Gasteiger charge is -2.09. The topological polar surface area (TPSA) is 68.5 Å². The van der Waals surface area contributed by atoms with E-state index in [9.17, 15) is 0 Å². The Morgan fingerprint density at radius 3 is 2.76 bits per heavy atom. The largest absolute Gasteiger partial charge is 0.380 e. The van der Waals surface area contributed by atoms with Gasteiger partial charge in [-0.3, -0.25) is 0 Å². The fourth-order valence-electron chi connectivity index (χ4n) is 2.59. The molecule has 124 valence electrons. The highest BCUT2D eigenvalue weighted by Gasteiger charge is 2.06. The predicted octanol–water partition coefficient (Wildman–Crippen LogP) is 3.71. The van der Waals surface area contributed by atoms with Crippen molar-refractivity contribution in [2.45, 2.75) is 13.5 Å². The highest BCUT2D eigenvalue weighted by atomic mass is 32.1. The third-order valence-corrected chi connectivity index (χ3v) is 4.88. The van der Waals surface area contributed by atoms with Crippen LogP contribution in [0.2, 0.25) is 0 Å². The van der Waals surface area contributed by atoms with Crippen LogP contribution in [0.5, 0.6) is 0 Å². The molecule has 0 atom stereocenters. The monoisotopic (exact) mass is 348 g/mol. The number of aryl methyl sites for hydroxylation is 1. The number of aromatic nitrogens is 5. The van der Waals surface area contributed by atoms with Gasteiger partial charge in [0.25, 0.3) is 0 Å². The summed E-state index contributed by atoms with van der Waals surface area (Å²) in [6.45, 7) is 2.79. The second-order valence-electron chi connectivity index (χ2n) is 5.61. The van der Waals surface area contributed by atoms with E-state index in [1.54, 1.807) is 22.3 Å². The molecule has 4 rings (SSSR count). The molecule has 0 unspecified atom stereocenters. The summed E-state index contributed by atoms with van der Waals surface area (Å²) in [7, 11) is 0. The Morgan fingerprint density at radius 1 is 1.12 bits per heavy atom. The van der Waals surface area contributed by atoms with E-state index < -0.39 is 0 Å². The lowest BCUT2D eigenvalue weighted by Crippen LogP contribution is -2.01. The lowest BCUT2D eigenvalue weighted by atomic mass is 10.2. The minimum atomic E-state index is 0.744. The first-order valence-corrected chi connectivity index (χ1v) is 8.69. The van der Waals surface area contributed by atoms with Crippen molar-refractivity contribution < 1.29 is 0 Å². The number of tetrazole rings is 1. The van der Waals surface area contributed by atoms with Crippen molar-refractivity contribution in [3.8, 4) is 16.3 Å². The molecule has 0 bridgehead atoms. The second kappa shape index (κ2) is 6.82. The summed E-state index contributed by atoms with van der Waals surface area (Å²) in [6, 6.07) is 16.4. The fourth-order valence-corrected chi connectivity index (χ4v) is 3.44. The molecule has 0 amide bonds. The van der Waals surface area contributed by atoms with Gasteiger partial charge < -0.3 is 5.32 Å². The number of rotatable bonds is 5. The van der Waals surface area contributed by atoms with Crippen LogP contribution >= 0.6 is 11.3 Å². The summed E-state index contributed by atoms with van der Waals surface area (Å²) in [6.07, 6.45) is 3.53. The average molecular weight is 348 g/mol. The van der Waals surface area contributed by atoms with E-state index in [0.29, 0.717) is 0 Å². The van der Waals surface area contributed by atoms with Crippen LogP contribution in [0.15, 0.2) is 61.1 Å². The first-order chi connectivity index (χ1) is 12.3. The van der Waals surface area contributed by atoms with Gasteiger partial charge in [-0.25, -0.2) is 9.67 Å². The van der Waals surface area contributed by atoms with Crippen molar-refractivity contribution in [3.05, 3.63) is 71.5 Å². The van der Waals surface area contributed by atoms with Gasteiger partial charge in [-0.15, -0.1) is 16.4 Å². The summed E-state index contributed by atoms with van der Waals surface area (Å²) in [5.41, 5.74) is 4.29. The van der Waals surface area contributed by atoms with E-state index in [1.165, 1.54) is 4.88 Å². The molecule has 0 aliphatic heterocycles. The highest BCUT2D eigenvalue weighted by Crippen LogP contribution is 2.26. The van der Waals surface area contributed by atoms with Crippen LogP contribution in [0, 0.1) is 6.92 Å². The maximum atomic E-state index is 4.52. The molecule has 25 heavy (non-hydrogen) atoms. The van der Waals surface area contributed by atoms with Gasteiger partial charge in [0.1, 0.15) is 11.3 Å². The Labute approximate surface area is 149 Å². The molecule has 2 aromatic carbocycles. The van der Waals surface area contributed by atoms with E-state index in [0.717, 1.165) is 34.1 Å². The Morgan fingerprint density at radius 2 is 2.00 bits per heavy atom. The molecule has 0 saturated carbocycles. The smallest absolute Gasteiger partial charge is 0.143 e. The van der Waals surface area contributed by atoms with Gasteiger partial charge in [0.05, 0.1) is 12.2 Å². The summed E-state index contributed by atoms with van der Waals surface area (Å²) >= 11 is 1.71. The van der Waals surface area contributed by atoms with E-state index >= 15 is 0 Å². The van der Waals surface area contributed by atoms with Gasteiger partial charge in [0, 0.05) is 22.3 Å². The summed E-state index contributed by atoms with van der Waals surface area (Å²) in [4.78, 5) is 5.71. The highest BCUT2D eigenvalue weighted by molar-refractivity contribution is 7.15. The van der Waals surface area contributed by atoms with Gasteiger partial charge in [0.2, 0.25) is 0 Å². The number of hydrogen-bond acceptors (Lipinski definition) is 6. The quantitative estimate of drug-likeness (QED) is 0.595. The second-order valence-corrected chi connectivity index (χ2v) is 6.72. The number of anilines is 1. The zero-order valence-corrected chi connectivity index (χ0v) is 14.4. The minimum Gasteiger partial charge on any atom is -0.380 e. The Kier molecular flexibility index (Phi) is 4.22. The maximum absolute atomic E-state index is 4.52. The Hall–Kier alpha value is -3.06. The fraction of sp³-hybridized carbons (Fsp3) is 0.111. The third-order valence-electron chi connectivity index (χ3n) is 3.83. The average Bonchev–Trinajstić information content (AvgIpc) is 3.33. The molecule has 1 N–H and O–H groups in total. The van der Waals surface area contributed by atoms with Crippen LogP contribution in [0.25, 0.3) is 16.3 Å². The number of benzene rings is 2. The van der Waals surface area contributed by atoms with Crippen molar-refractivity contribution in [2.24, 2.45) is 0 Å². The van der Waals surface area contributed by atoms with Crippen LogP contribution < -0.4 is 5.32 Å². The van der Waals surface area contributed by atoms with Gasteiger partial charge in [-0.05, 0) is 41.1 Å². The normalized spacial score (nSPS) is 10.8. The molecule has 0 aliphatic rings. The van der Waals surface area contributed by atoms with Gasteiger partial charge >= 0.3 is 0 Å². The molecular weight excluding hydrogens is 332 g/mol. The van der Waals surface area contributed by atoms with E-state index in [1.807, 2.05) is 43.5 Å². The molecule has 0 spiro atoms. The maximum Gasteiger partial charge on any atom is 0.143 e. The standard InChI is InChI=1S/C18H16N6S/c1-13-9-15(7-8-17(13)24-12-21-22-23-24)19-10-16-11-20-18(25-16)14-5-3-2-4-6-14/h2-9,11-12,19H,10H2,1H3. The molecular formula is C18H16N6S. The molecule has 0 saturated heterocycles. The Bertz CT molecular complexity index is 962. The SMILES string of the molecule is Cc1cc(NCc2cnc(-c3ccccc3)s2)ccc1-n1cnnn1. The van der Waals surface area contributed by atoms with E-state index in [4.69, 9.17) is 0 Å². The van der Waals surface area contributed by atoms with Crippen molar-refractivity contribution in [2.75, 3.05) is 5.32 Å². The molecule has 2 heterocycles. The van der Waals surface area contributed by atoms with Crippen LogP contribution in [-0.4, -0.2) is 25.2 Å². The number of nitrogens with zero attached hydrogens (tertiary/aromatic N) is 5. The number of hydrogen-bond donors (Lipinski definition) is 1. The zero-order valence-electron chi connectivity index (χ0n) is 13.6. The molecule has 0 radical (unpaired) electrons. The van der Waals surface area contributed by atoms with Gasteiger partial charge in [-0.2, -0.15) is 0 Å². The van der Waals surface area contributed by atoms with Crippen LogP contribution in [-0.2, 0) is 6.54 Å². The molecule has 4 aromatic rings. The Balaban J connectivity index is 1.45. The minimum absolute atomic E-state index is 0.744. The number of nitrogens with one attached hydrogen (secondary N) is 1. The summed E-state index contributed by atoms with van der Waals surface area (Å²) < 4.78 is 1.66. The van der Waals surface area contributed by atoms with Crippen molar-refractivity contribution in [1.29, 1.82) is 0 Å². The van der Waals surface area contributed by atoms with Crippen LogP contribution in [0.3, 0.4) is 0 Å². The van der Waals surface area contributed by atoms with Crippen LogP contribution in [0.4, 0.5) is 5.69 Å².